The Morgan fingerprint density at radius 3 is 2.69 bits per heavy atom. The van der Waals surface area contributed by atoms with E-state index in [0.29, 0.717) is 0 Å². The summed E-state index contributed by atoms with van der Waals surface area (Å²) < 4.78 is 6.24. The fraction of sp³-hybridized carbons (Fsp3) is 0.233. The maximum absolute atomic E-state index is 11.8. The minimum atomic E-state index is 0.0623. The summed E-state index contributed by atoms with van der Waals surface area (Å²) in [5.41, 5.74) is 6.75. The summed E-state index contributed by atoms with van der Waals surface area (Å²) in [6.07, 6.45) is 13.4. The van der Waals surface area contributed by atoms with E-state index in [1.165, 1.54) is 30.6 Å². The van der Waals surface area contributed by atoms with Crippen molar-refractivity contribution in [3.05, 3.63) is 66.1 Å². The van der Waals surface area contributed by atoms with Crippen LogP contribution in [0, 0.1) is 0 Å². The van der Waals surface area contributed by atoms with Crippen LogP contribution in [-0.4, -0.2) is 42.0 Å². The average Bonchev–Trinajstić information content (AvgIpc) is 3.71. The van der Waals surface area contributed by atoms with E-state index in [-0.39, 0.29) is 11.9 Å². The number of thiophene rings is 1. The quantitative estimate of drug-likeness (QED) is 0.219. The third-order valence-corrected chi connectivity index (χ3v) is 8.51. The molecular formula is C30H26N6O2S. The van der Waals surface area contributed by atoms with Crippen molar-refractivity contribution in [1.82, 2.24) is 30.1 Å². The molecule has 0 bridgehead atoms. The van der Waals surface area contributed by atoms with Gasteiger partial charge in [0.05, 0.1) is 45.8 Å². The Hall–Kier alpha value is -4.37. The van der Waals surface area contributed by atoms with Crippen LogP contribution in [0.5, 0.6) is 5.75 Å². The molecule has 9 heteroatoms. The summed E-state index contributed by atoms with van der Waals surface area (Å²) in [5, 5.41) is 8.73. The number of nitrogens with zero attached hydrogens (tertiary/aromatic N) is 4. The summed E-state index contributed by atoms with van der Waals surface area (Å²) in [6.45, 7) is 1.59. The largest absolute Gasteiger partial charge is 0.489 e. The molecule has 1 aliphatic carbocycles. The highest BCUT2D eigenvalue weighted by Gasteiger charge is 2.18. The molecule has 8 nitrogen and oxygen atoms in total. The molecular weight excluding hydrogens is 508 g/mol. The van der Waals surface area contributed by atoms with Gasteiger partial charge in [0.15, 0.2) is 5.78 Å². The summed E-state index contributed by atoms with van der Waals surface area (Å²) in [5.74, 6) is 0.846. The third kappa shape index (κ3) is 4.48. The molecule has 6 aromatic heterocycles. The van der Waals surface area contributed by atoms with Gasteiger partial charge < -0.3 is 9.72 Å². The van der Waals surface area contributed by atoms with Crippen LogP contribution in [0.4, 0.5) is 0 Å². The molecule has 0 spiro atoms. The van der Waals surface area contributed by atoms with Gasteiger partial charge in [-0.25, -0.2) is 4.98 Å². The van der Waals surface area contributed by atoms with E-state index in [4.69, 9.17) is 9.72 Å². The topological polar surface area (TPSA) is 109 Å². The number of nitrogens with one attached hydrogen (secondary N) is 2. The first-order chi connectivity index (χ1) is 19.1. The average molecular weight is 535 g/mol. The minimum Gasteiger partial charge on any atom is -0.489 e. The van der Waals surface area contributed by atoms with Crippen LogP contribution in [0.1, 0.15) is 48.7 Å². The Bertz CT molecular complexity index is 1830. The molecule has 39 heavy (non-hydrogen) atoms. The Balaban J connectivity index is 1.25. The number of hydrogen-bond acceptors (Lipinski definition) is 7. The minimum absolute atomic E-state index is 0.0623. The predicted molar refractivity (Wildman–Crippen MR) is 153 cm³/mol. The van der Waals surface area contributed by atoms with Crippen LogP contribution >= 0.6 is 11.3 Å². The van der Waals surface area contributed by atoms with Crippen molar-refractivity contribution >= 4 is 39.1 Å². The summed E-state index contributed by atoms with van der Waals surface area (Å²) in [6, 6.07) is 11.9. The number of rotatable bonds is 6. The van der Waals surface area contributed by atoms with E-state index in [9.17, 15) is 4.79 Å². The highest BCUT2D eigenvalue weighted by molar-refractivity contribution is 7.17. The lowest BCUT2D eigenvalue weighted by Crippen LogP contribution is -2.19. The van der Waals surface area contributed by atoms with E-state index in [1.54, 1.807) is 19.3 Å². The number of Topliss-reactive ketones (excluding diaryl/α,β-unsaturated/α-hetero) is 1. The van der Waals surface area contributed by atoms with Crippen LogP contribution in [0.3, 0.4) is 0 Å². The maximum Gasteiger partial charge on any atom is 0.169 e. The third-order valence-electron chi connectivity index (χ3n) is 7.29. The molecule has 6 heterocycles. The molecule has 6 aromatic rings. The van der Waals surface area contributed by atoms with Gasteiger partial charge in [-0.15, -0.1) is 11.3 Å². The van der Waals surface area contributed by atoms with Crippen LogP contribution in [-0.2, 0) is 0 Å². The van der Waals surface area contributed by atoms with E-state index in [1.807, 2.05) is 42.7 Å². The number of hydrogen-bond donors (Lipinski definition) is 2. The zero-order valence-corrected chi connectivity index (χ0v) is 22.2. The predicted octanol–water partition coefficient (Wildman–Crippen LogP) is 7.21. The molecule has 2 N–H and O–H groups in total. The van der Waals surface area contributed by atoms with Gasteiger partial charge in [-0.2, -0.15) is 5.10 Å². The van der Waals surface area contributed by atoms with Gasteiger partial charge in [0, 0.05) is 33.8 Å². The van der Waals surface area contributed by atoms with Crippen molar-refractivity contribution in [3.63, 3.8) is 0 Å². The van der Waals surface area contributed by atoms with Crippen molar-refractivity contribution < 1.29 is 9.53 Å². The molecule has 0 saturated heterocycles. The number of aromatic nitrogens is 6. The number of H-pyrrole nitrogens is 2. The van der Waals surface area contributed by atoms with Gasteiger partial charge in [0.1, 0.15) is 17.0 Å². The van der Waals surface area contributed by atoms with Crippen molar-refractivity contribution in [1.29, 1.82) is 0 Å². The van der Waals surface area contributed by atoms with Gasteiger partial charge in [0.25, 0.3) is 0 Å². The molecule has 0 amide bonds. The van der Waals surface area contributed by atoms with Crippen LogP contribution < -0.4 is 4.74 Å². The Morgan fingerprint density at radius 1 is 0.974 bits per heavy atom. The SMILES string of the molecule is CC(=O)c1ccc(-c2cncc3[nH]c(-c4n[nH]c5ccc(-c6cncc(OC7CCCCC7)c6)nc45)cc23)s1. The van der Waals surface area contributed by atoms with Gasteiger partial charge in [-0.3, -0.25) is 19.9 Å². The monoisotopic (exact) mass is 534 g/mol. The second-order valence-electron chi connectivity index (χ2n) is 10.0. The molecule has 7 rings (SSSR count). The standard InChI is InChI=1S/C30H26N6O2S/c1-17(37)27-9-10-28(39-27)22-15-32-16-26-21(22)12-25(33-26)30-29-24(35-36-30)8-7-23(34-29)18-11-20(14-31-13-18)38-19-5-3-2-4-6-19/h7-16,19,33H,2-6H2,1H3,(H,35,36). The number of carbonyl (C=O) groups is 1. The van der Waals surface area contributed by atoms with Crippen LogP contribution in [0.2, 0.25) is 0 Å². The molecule has 0 atom stereocenters. The zero-order valence-electron chi connectivity index (χ0n) is 21.4. The molecule has 1 fully saturated rings. The van der Waals surface area contributed by atoms with Crippen molar-refractivity contribution in [2.45, 2.75) is 45.1 Å². The molecule has 1 aliphatic rings. The van der Waals surface area contributed by atoms with Gasteiger partial charge in [-0.1, -0.05) is 6.42 Å². The first-order valence-corrected chi connectivity index (χ1v) is 14.0. The normalized spacial score (nSPS) is 14.3. The van der Waals surface area contributed by atoms with Crippen molar-refractivity contribution in [2.75, 3.05) is 0 Å². The summed E-state index contributed by atoms with van der Waals surface area (Å²) in [4.78, 5) is 30.9. The Morgan fingerprint density at radius 2 is 1.85 bits per heavy atom. The highest BCUT2D eigenvalue weighted by atomic mass is 32.1. The van der Waals surface area contributed by atoms with Crippen molar-refractivity contribution in [2.24, 2.45) is 0 Å². The number of aromatic amines is 2. The number of carbonyl (C=O) groups excluding carboxylic acids is 1. The van der Waals surface area contributed by atoms with E-state index in [2.05, 4.69) is 31.2 Å². The van der Waals surface area contributed by atoms with Gasteiger partial charge >= 0.3 is 0 Å². The maximum atomic E-state index is 11.8. The second-order valence-corrected chi connectivity index (χ2v) is 11.1. The summed E-state index contributed by atoms with van der Waals surface area (Å²) in [7, 11) is 0. The van der Waals surface area contributed by atoms with E-state index in [0.717, 1.165) is 78.5 Å². The molecule has 1 saturated carbocycles. The van der Waals surface area contributed by atoms with E-state index < -0.39 is 0 Å². The highest BCUT2D eigenvalue weighted by Crippen LogP contribution is 2.36. The van der Waals surface area contributed by atoms with Crippen LogP contribution in [0.15, 0.2) is 61.2 Å². The van der Waals surface area contributed by atoms with Crippen molar-refractivity contribution in [3.8, 4) is 38.8 Å². The lowest BCUT2D eigenvalue weighted by Gasteiger charge is -2.22. The Kier molecular flexibility index (Phi) is 5.93. The lowest BCUT2D eigenvalue weighted by molar-refractivity contribution is 0.102. The molecule has 0 radical (unpaired) electrons. The van der Waals surface area contributed by atoms with E-state index >= 15 is 0 Å². The van der Waals surface area contributed by atoms with Gasteiger partial charge in [-0.05, 0) is 69.0 Å². The number of ketones is 1. The number of fused-ring (bicyclic) bond motifs is 2. The van der Waals surface area contributed by atoms with Gasteiger partial charge in [0.2, 0.25) is 0 Å². The molecule has 0 aliphatic heterocycles. The smallest absolute Gasteiger partial charge is 0.169 e. The Labute approximate surface area is 228 Å². The molecule has 0 aromatic carbocycles. The first kappa shape index (κ1) is 23.7. The second kappa shape index (κ2) is 9.74. The zero-order chi connectivity index (χ0) is 26.3. The van der Waals surface area contributed by atoms with Crippen LogP contribution in [0.25, 0.3) is 55.0 Å². The number of pyridine rings is 3. The fourth-order valence-electron chi connectivity index (χ4n) is 5.29. The molecule has 0 unspecified atom stereocenters. The first-order valence-electron chi connectivity index (χ1n) is 13.2. The lowest BCUT2D eigenvalue weighted by atomic mass is 9.98. The molecule has 194 valence electrons. The summed E-state index contributed by atoms with van der Waals surface area (Å²) >= 11 is 1.48. The number of ether oxygens (including phenoxy) is 1. The fourth-order valence-corrected chi connectivity index (χ4v) is 6.22.